The van der Waals surface area contributed by atoms with Crippen molar-refractivity contribution in [1.29, 1.82) is 0 Å². The lowest BCUT2D eigenvalue weighted by Gasteiger charge is -2.38. The van der Waals surface area contributed by atoms with Crippen molar-refractivity contribution in [3.05, 3.63) is 46.6 Å². The van der Waals surface area contributed by atoms with Crippen molar-refractivity contribution in [2.75, 3.05) is 0 Å². The molecule has 1 aliphatic rings. The van der Waals surface area contributed by atoms with Crippen molar-refractivity contribution < 1.29 is 54.4 Å². The molecule has 12 heteroatoms. The van der Waals surface area contributed by atoms with Crippen molar-refractivity contribution in [2.24, 2.45) is 0 Å². The third-order valence-corrected chi connectivity index (χ3v) is 5.10. The van der Waals surface area contributed by atoms with Crippen LogP contribution in [0.2, 0.25) is 0 Å². The topological polar surface area (TPSA) is 207 Å². The molecule has 0 amide bonds. The molecule has 1 unspecified atom stereocenters. The number of ether oxygens (including phenoxy) is 2. The summed E-state index contributed by atoms with van der Waals surface area (Å²) in [5, 5.41) is 68.1. The summed E-state index contributed by atoms with van der Waals surface area (Å²) >= 11 is 0. The Hall–Kier alpha value is -3.84. The molecule has 33 heavy (non-hydrogen) atoms. The van der Waals surface area contributed by atoms with E-state index in [4.69, 9.17) is 19.0 Å². The van der Waals surface area contributed by atoms with Gasteiger partial charge in [-0.3, -0.25) is 4.79 Å². The van der Waals surface area contributed by atoms with Gasteiger partial charge in [-0.05, 0) is 18.2 Å². The highest BCUT2D eigenvalue weighted by Gasteiger charge is 2.48. The van der Waals surface area contributed by atoms with Gasteiger partial charge in [0, 0.05) is 23.8 Å². The Labute approximate surface area is 183 Å². The number of aromatic hydroxyl groups is 3. The summed E-state index contributed by atoms with van der Waals surface area (Å²) in [5.41, 5.74) is -0.599. The van der Waals surface area contributed by atoms with Crippen LogP contribution in [0.5, 0.6) is 23.0 Å². The molecule has 2 heterocycles. The summed E-state index contributed by atoms with van der Waals surface area (Å²) in [6.45, 7) is 0. The maximum absolute atomic E-state index is 12.8. The number of aliphatic hydroxyl groups is 3. The standard InChI is InChI=1S/C21H18O12/c22-8-4-13-15(11(25)6-12(31-13)7-1-2-9(23)10(24)3-7)14(5-8)32-21-18(28)16(26)17(27)19(33-21)20(29)30/h1-6,16-19,21-24,26-28H,(H,29,30)/t16-,17-,18+,19-,21?/m0/s1. The largest absolute Gasteiger partial charge is 0.508 e. The van der Waals surface area contributed by atoms with Crippen LogP contribution in [0, 0.1) is 0 Å². The van der Waals surface area contributed by atoms with E-state index in [0.29, 0.717) is 0 Å². The van der Waals surface area contributed by atoms with Gasteiger partial charge in [0.05, 0.1) is 0 Å². The molecule has 1 aromatic heterocycles. The lowest BCUT2D eigenvalue weighted by molar-refractivity contribution is -0.270. The molecule has 2 aromatic carbocycles. The Morgan fingerprint density at radius 3 is 2.30 bits per heavy atom. The molecule has 5 atom stereocenters. The Balaban J connectivity index is 1.76. The second-order valence-electron chi connectivity index (χ2n) is 7.35. The van der Waals surface area contributed by atoms with Gasteiger partial charge in [-0.1, -0.05) is 0 Å². The molecule has 0 aliphatic carbocycles. The Kier molecular flexibility index (Phi) is 5.59. The first-order chi connectivity index (χ1) is 15.6. The van der Waals surface area contributed by atoms with Gasteiger partial charge >= 0.3 is 5.97 Å². The van der Waals surface area contributed by atoms with Crippen LogP contribution in [-0.2, 0) is 9.53 Å². The smallest absolute Gasteiger partial charge is 0.335 e. The number of phenolic OH excluding ortho intramolecular Hbond substituents is 3. The predicted octanol–water partition coefficient (Wildman–Crippen LogP) is -0.152. The van der Waals surface area contributed by atoms with Crippen LogP contribution in [0.4, 0.5) is 0 Å². The summed E-state index contributed by atoms with van der Waals surface area (Å²) in [7, 11) is 0. The quantitative estimate of drug-likeness (QED) is 0.253. The van der Waals surface area contributed by atoms with Gasteiger partial charge in [-0.15, -0.1) is 0 Å². The van der Waals surface area contributed by atoms with E-state index in [1.165, 1.54) is 12.1 Å². The zero-order chi connectivity index (χ0) is 24.0. The Morgan fingerprint density at radius 2 is 1.64 bits per heavy atom. The summed E-state index contributed by atoms with van der Waals surface area (Å²) < 4.78 is 16.1. The third kappa shape index (κ3) is 4.03. The number of phenols is 3. The molecule has 0 bridgehead atoms. The van der Waals surface area contributed by atoms with E-state index in [1.54, 1.807) is 0 Å². The molecule has 0 saturated carbocycles. The van der Waals surface area contributed by atoms with E-state index in [-0.39, 0.29) is 33.8 Å². The van der Waals surface area contributed by atoms with Crippen LogP contribution in [0.25, 0.3) is 22.3 Å². The summed E-state index contributed by atoms with van der Waals surface area (Å²) in [5.74, 6) is -3.25. The lowest BCUT2D eigenvalue weighted by Crippen LogP contribution is -2.61. The maximum Gasteiger partial charge on any atom is 0.335 e. The van der Waals surface area contributed by atoms with Crippen LogP contribution < -0.4 is 10.2 Å². The zero-order valence-corrected chi connectivity index (χ0v) is 16.5. The minimum atomic E-state index is -1.94. The molecule has 1 fully saturated rings. The number of hydrogen-bond donors (Lipinski definition) is 7. The fraction of sp³-hybridized carbons (Fsp3) is 0.238. The van der Waals surface area contributed by atoms with Gasteiger partial charge in [0.25, 0.3) is 0 Å². The first-order valence-corrected chi connectivity index (χ1v) is 9.49. The van der Waals surface area contributed by atoms with Crippen molar-refractivity contribution in [2.45, 2.75) is 30.7 Å². The van der Waals surface area contributed by atoms with Gasteiger partial charge in [-0.25, -0.2) is 4.79 Å². The third-order valence-electron chi connectivity index (χ3n) is 5.10. The van der Waals surface area contributed by atoms with Crippen LogP contribution in [-0.4, -0.2) is 72.4 Å². The average molecular weight is 462 g/mol. The number of aliphatic hydroxyl groups excluding tert-OH is 3. The molecule has 174 valence electrons. The highest BCUT2D eigenvalue weighted by molar-refractivity contribution is 5.86. The van der Waals surface area contributed by atoms with Crippen LogP contribution >= 0.6 is 0 Å². The fourth-order valence-corrected chi connectivity index (χ4v) is 3.42. The minimum Gasteiger partial charge on any atom is -0.508 e. The number of hydrogen-bond acceptors (Lipinski definition) is 11. The van der Waals surface area contributed by atoms with E-state index >= 15 is 0 Å². The van der Waals surface area contributed by atoms with E-state index in [1.807, 2.05) is 0 Å². The van der Waals surface area contributed by atoms with E-state index in [2.05, 4.69) is 0 Å². The highest BCUT2D eigenvalue weighted by Crippen LogP contribution is 2.35. The fourth-order valence-electron chi connectivity index (χ4n) is 3.42. The van der Waals surface area contributed by atoms with Crippen molar-refractivity contribution in [1.82, 2.24) is 0 Å². The lowest BCUT2D eigenvalue weighted by atomic mass is 9.99. The Bertz CT molecular complexity index is 1280. The number of carbonyl (C=O) groups is 1. The van der Waals surface area contributed by atoms with E-state index < -0.39 is 53.6 Å². The molecular weight excluding hydrogens is 444 g/mol. The molecule has 1 aliphatic heterocycles. The monoisotopic (exact) mass is 462 g/mol. The number of carboxylic acid groups (broad SMARTS) is 1. The van der Waals surface area contributed by atoms with Crippen LogP contribution in [0.3, 0.4) is 0 Å². The van der Waals surface area contributed by atoms with Crippen LogP contribution in [0.1, 0.15) is 0 Å². The second-order valence-corrected chi connectivity index (χ2v) is 7.35. The first kappa shape index (κ1) is 22.4. The van der Waals surface area contributed by atoms with Gasteiger partial charge < -0.3 is 49.6 Å². The SMILES string of the molecule is O=C(O)[C@H]1OC(Oc2cc(O)cc3oc(-c4ccc(O)c(O)c4)cc(=O)c23)[C@H](O)[C@@H](O)[C@@H]1O. The summed E-state index contributed by atoms with van der Waals surface area (Å²) in [6.07, 6.45) is -9.50. The van der Waals surface area contributed by atoms with Crippen LogP contribution in [0.15, 0.2) is 45.6 Å². The zero-order valence-electron chi connectivity index (χ0n) is 16.5. The molecule has 7 N–H and O–H groups in total. The molecule has 0 spiro atoms. The molecule has 4 rings (SSSR count). The average Bonchev–Trinajstić information content (AvgIpc) is 2.75. The highest BCUT2D eigenvalue weighted by atomic mass is 16.7. The molecule has 12 nitrogen and oxygen atoms in total. The van der Waals surface area contributed by atoms with E-state index in [0.717, 1.165) is 24.3 Å². The summed E-state index contributed by atoms with van der Waals surface area (Å²) in [4.78, 5) is 24.1. The predicted molar refractivity (Wildman–Crippen MR) is 108 cm³/mol. The first-order valence-electron chi connectivity index (χ1n) is 9.49. The molecular formula is C21H18O12. The maximum atomic E-state index is 12.8. The van der Waals surface area contributed by atoms with Crippen molar-refractivity contribution >= 4 is 16.9 Å². The number of benzene rings is 2. The van der Waals surface area contributed by atoms with E-state index in [9.17, 15) is 40.2 Å². The minimum absolute atomic E-state index is 0.0159. The number of rotatable bonds is 4. The van der Waals surface area contributed by atoms with Gasteiger partial charge in [-0.2, -0.15) is 0 Å². The number of fused-ring (bicyclic) bond motifs is 1. The number of aliphatic carboxylic acids is 1. The van der Waals surface area contributed by atoms with Crippen molar-refractivity contribution in [3.8, 4) is 34.3 Å². The molecule has 0 radical (unpaired) electrons. The molecule has 3 aromatic rings. The summed E-state index contributed by atoms with van der Waals surface area (Å²) in [6, 6.07) is 6.87. The van der Waals surface area contributed by atoms with Gasteiger partial charge in [0.1, 0.15) is 46.5 Å². The Morgan fingerprint density at radius 1 is 0.909 bits per heavy atom. The molecule has 1 saturated heterocycles. The van der Waals surface area contributed by atoms with Crippen molar-refractivity contribution in [3.63, 3.8) is 0 Å². The normalized spacial score (nSPS) is 25.1. The van der Waals surface area contributed by atoms with Gasteiger partial charge in [0.15, 0.2) is 23.0 Å². The van der Waals surface area contributed by atoms with Gasteiger partial charge in [0.2, 0.25) is 6.29 Å². The second kappa shape index (κ2) is 8.26. The number of carboxylic acids is 1.